The van der Waals surface area contributed by atoms with E-state index in [0.29, 0.717) is 11.1 Å². The lowest BCUT2D eigenvalue weighted by molar-refractivity contribution is -0.185. The second kappa shape index (κ2) is 4.70. The van der Waals surface area contributed by atoms with E-state index >= 15 is 0 Å². The minimum absolute atomic E-state index is 0.281. The summed E-state index contributed by atoms with van der Waals surface area (Å²) >= 11 is 0. The van der Waals surface area contributed by atoms with Gasteiger partial charge in [0.1, 0.15) is 0 Å². The van der Waals surface area contributed by atoms with E-state index in [2.05, 4.69) is 6.58 Å². The molecule has 1 aliphatic rings. The molecule has 0 saturated carbocycles. The zero-order valence-corrected chi connectivity index (χ0v) is 8.82. The normalized spacial score (nSPS) is 17.1. The van der Waals surface area contributed by atoms with E-state index in [4.69, 9.17) is 4.84 Å². The molecule has 80 valence electrons. The third kappa shape index (κ3) is 2.05. The van der Waals surface area contributed by atoms with Gasteiger partial charge < -0.3 is 0 Å². The molecule has 0 aliphatic carbocycles. The van der Waals surface area contributed by atoms with Crippen molar-refractivity contribution in [1.29, 1.82) is 0 Å². The predicted molar refractivity (Wildman–Crippen MR) is 55.5 cm³/mol. The first-order valence-corrected chi connectivity index (χ1v) is 4.65. The van der Waals surface area contributed by atoms with Crippen LogP contribution in [0.2, 0.25) is 0 Å². The molecule has 0 aromatic heterocycles. The summed E-state index contributed by atoms with van der Waals surface area (Å²) in [7, 11) is 0. The minimum atomic E-state index is -0.419. The topological polar surface area (TPSA) is 46.6 Å². The van der Waals surface area contributed by atoms with Crippen LogP contribution in [0.5, 0.6) is 0 Å². The molecule has 1 aliphatic heterocycles. The van der Waals surface area contributed by atoms with Crippen LogP contribution in [-0.2, 0) is 14.4 Å². The molecule has 0 N–H and O–H groups in total. The van der Waals surface area contributed by atoms with Crippen LogP contribution in [0.4, 0.5) is 0 Å². The number of imide groups is 1. The Labute approximate surface area is 88.5 Å². The van der Waals surface area contributed by atoms with Gasteiger partial charge in [0.2, 0.25) is 0 Å². The number of allylic oxidation sites excluding steroid dienone is 2. The van der Waals surface area contributed by atoms with Crippen molar-refractivity contribution in [3.8, 4) is 0 Å². The molecular weight excluding hydrogens is 194 g/mol. The number of hydrogen-bond donors (Lipinski definition) is 0. The molecule has 1 heterocycles. The van der Waals surface area contributed by atoms with Crippen molar-refractivity contribution in [2.75, 3.05) is 6.61 Å². The Morgan fingerprint density at radius 1 is 1.40 bits per heavy atom. The summed E-state index contributed by atoms with van der Waals surface area (Å²) in [6.07, 6.45) is 4.71. The van der Waals surface area contributed by atoms with Crippen LogP contribution in [0.3, 0.4) is 0 Å². The van der Waals surface area contributed by atoms with Crippen LogP contribution in [0.1, 0.15) is 13.8 Å². The van der Waals surface area contributed by atoms with Crippen molar-refractivity contribution in [3.05, 3.63) is 36.0 Å². The fraction of sp³-hybridized carbons (Fsp3) is 0.273. The molecule has 0 saturated heterocycles. The molecule has 0 bridgehead atoms. The molecule has 4 nitrogen and oxygen atoms in total. The Kier molecular flexibility index (Phi) is 3.57. The summed E-state index contributed by atoms with van der Waals surface area (Å²) in [5.74, 6) is -0.817. The number of nitrogens with zero attached hydrogens (tertiary/aromatic N) is 1. The highest BCUT2D eigenvalue weighted by Crippen LogP contribution is 2.21. The minimum Gasteiger partial charge on any atom is -0.267 e. The van der Waals surface area contributed by atoms with Gasteiger partial charge in [0.05, 0.1) is 12.2 Å². The first-order chi connectivity index (χ1) is 7.13. The Morgan fingerprint density at radius 2 is 2.07 bits per heavy atom. The first-order valence-electron chi connectivity index (χ1n) is 4.65. The molecule has 0 unspecified atom stereocenters. The van der Waals surface area contributed by atoms with Crippen molar-refractivity contribution in [2.24, 2.45) is 0 Å². The lowest BCUT2D eigenvalue weighted by Crippen LogP contribution is -2.31. The summed E-state index contributed by atoms with van der Waals surface area (Å²) < 4.78 is 0. The number of hydrogen-bond acceptors (Lipinski definition) is 3. The molecule has 1 rings (SSSR count). The Hall–Kier alpha value is -1.68. The zero-order valence-electron chi connectivity index (χ0n) is 8.82. The van der Waals surface area contributed by atoms with Crippen LogP contribution in [0.15, 0.2) is 36.0 Å². The second-order valence-electron chi connectivity index (χ2n) is 2.96. The van der Waals surface area contributed by atoms with E-state index in [1.54, 1.807) is 32.1 Å². The number of carbonyl (C=O) groups excluding carboxylic acids is 2. The van der Waals surface area contributed by atoms with Gasteiger partial charge in [-0.05, 0) is 19.9 Å². The third-order valence-corrected chi connectivity index (χ3v) is 1.98. The smallest absolute Gasteiger partial charge is 0.267 e. The Bertz CT molecular complexity index is 366. The Balaban J connectivity index is 2.97. The van der Waals surface area contributed by atoms with Crippen LogP contribution < -0.4 is 0 Å². The van der Waals surface area contributed by atoms with Crippen molar-refractivity contribution >= 4 is 11.8 Å². The lowest BCUT2D eigenvalue weighted by atomic mass is 10.1. The van der Waals surface area contributed by atoms with Crippen molar-refractivity contribution in [1.82, 2.24) is 5.06 Å². The molecular formula is C11H13NO3. The maximum atomic E-state index is 11.7. The number of rotatable bonds is 4. The molecule has 0 spiro atoms. The molecule has 0 aromatic rings. The number of carbonyl (C=O) groups is 2. The highest BCUT2D eigenvalue weighted by Gasteiger charge is 2.35. The predicted octanol–water partition coefficient (Wildman–Crippen LogP) is 1.37. The highest BCUT2D eigenvalue weighted by molar-refractivity contribution is 6.19. The fourth-order valence-corrected chi connectivity index (χ4v) is 1.24. The van der Waals surface area contributed by atoms with Crippen LogP contribution in [0.25, 0.3) is 0 Å². The molecule has 0 aromatic carbocycles. The van der Waals surface area contributed by atoms with Gasteiger partial charge in [0.15, 0.2) is 0 Å². The summed E-state index contributed by atoms with van der Waals surface area (Å²) in [5, 5.41) is 0.790. The molecule has 4 heteroatoms. The van der Waals surface area contributed by atoms with E-state index in [0.717, 1.165) is 5.06 Å². The largest absolute Gasteiger partial charge is 0.285 e. The van der Waals surface area contributed by atoms with Crippen molar-refractivity contribution < 1.29 is 14.4 Å². The highest BCUT2D eigenvalue weighted by atomic mass is 16.7. The molecule has 2 amide bonds. The quantitative estimate of drug-likeness (QED) is 0.516. The lowest BCUT2D eigenvalue weighted by Gasteiger charge is -2.11. The Morgan fingerprint density at radius 3 is 2.60 bits per heavy atom. The standard InChI is InChI=1S/C11H13NO3/c1-4-6-7-9-8(3)10(13)12(11(9)14)15-5-2/h4,6-7H,1,5H2,2-3H3/b7-6-. The third-order valence-electron chi connectivity index (χ3n) is 1.98. The molecule has 0 radical (unpaired) electrons. The monoisotopic (exact) mass is 207 g/mol. The van der Waals surface area contributed by atoms with Gasteiger partial charge in [-0.15, -0.1) is 5.06 Å². The van der Waals surface area contributed by atoms with E-state index in [1.165, 1.54) is 0 Å². The average Bonchev–Trinajstić information content (AvgIpc) is 2.42. The fourth-order valence-electron chi connectivity index (χ4n) is 1.24. The van der Waals surface area contributed by atoms with Crippen molar-refractivity contribution in [3.63, 3.8) is 0 Å². The molecule has 0 atom stereocenters. The van der Waals surface area contributed by atoms with Gasteiger partial charge in [-0.1, -0.05) is 18.7 Å². The number of amides is 2. The van der Waals surface area contributed by atoms with Gasteiger partial charge >= 0.3 is 0 Å². The van der Waals surface area contributed by atoms with Gasteiger partial charge in [-0.2, -0.15) is 0 Å². The van der Waals surface area contributed by atoms with E-state index in [9.17, 15) is 9.59 Å². The van der Waals surface area contributed by atoms with Crippen LogP contribution >= 0.6 is 0 Å². The maximum Gasteiger partial charge on any atom is 0.285 e. The van der Waals surface area contributed by atoms with Crippen molar-refractivity contribution in [2.45, 2.75) is 13.8 Å². The summed E-state index contributed by atoms with van der Waals surface area (Å²) in [5.41, 5.74) is 0.750. The summed E-state index contributed by atoms with van der Waals surface area (Å²) in [6.45, 7) is 7.09. The van der Waals surface area contributed by atoms with E-state index < -0.39 is 11.8 Å². The van der Waals surface area contributed by atoms with Gasteiger partial charge in [-0.25, -0.2) is 0 Å². The van der Waals surface area contributed by atoms with Crippen LogP contribution in [-0.4, -0.2) is 23.5 Å². The van der Waals surface area contributed by atoms with Gasteiger partial charge in [-0.3, -0.25) is 14.4 Å². The van der Waals surface area contributed by atoms with Crippen LogP contribution in [0, 0.1) is 0 Å². The van der Waals surface area contributed by atoms with Gasteiger partial charge in [0.25, 0.3) is 11.8 Å². The number of hydroxylamine groups is 2. The van der Waals surface area contributed by atoms with E-state index in [-0.39, 0.29) is 6.61 Å². The van der Waals surface area contributed by atoms with E-state index in [1.807, 2.05) is 0 Å². The molecule has 15 heavy (non-hydrogen) atoms. The average molecular weight is 207 g/mol. The maximum absolute atomic E-state index is 11.7. The van der Waals surface area contributed by atoms with Gasteiger partial charge in [0, 0.05) is 5.57 Å². The first kappa shape index (κ1) is 11.4. The zero-order chi connectivity index (χ0) is 11.4. The SMILES string of the molecule is C=C/C=C\C1=C(C)C(=O)N(OCC)C1=O. The molecule has 0 fully saturated rings. The second-order valence-corrected chi connectivity index (χ2v) is 2.96. The summed E-state index contributed by atoms with van der Waals surface area (Å²) in [4.78, 5) is 28.1. The summed E-state index contributed by atoms with van der Waals surface area (Å²) in [6, 6.07) is 0.